The third-order valence-electron chi connectivity index (χ3n) is 3.07. The molecule has 1 aromatic carbocycles. The summed E-state index contributed by atoms with van der Waals surface area (Å²) in [5.74, 6) is -3.54. The van der Waals surface area contributed by atoms with Crippen LogP contribution in [0, 0.1) is 11.2 Å². The Morgan fingerprint density at radius 2 is 2.00 bits per heavy atom. The van der Waals surface area contributed by atoms with Gasteiger partial charge in [-0.2, -0.15) is 0 Å². The van der Waals surface area contributed by atoms with Crippen molar-refractivity contribution in [2.75, 3.05) is 4.90 Å². The number of halogens is 1. The van der Waals surface area contributed by atoms with Crippen LogP contribution in [0.4, 0.5) is 10.1 Å². The van der Waals surface area contributed by atoms with Gasteiger partial charge in [-0.15, -0.1) is 0 Å². The maximum atomic E-state index is 13.6. The zero-order valence-electron chi connectivity index (χ0n) is 10.4. The van der Waals surface area contributed by atoms with Crippen LogP contribution in [0.2, 0.25) is 0 Å². The van der Waals surface area contributed by atoms with Crippen molar-refractivity contribution in [1.82, 2.24) is 0 Å². The zero-order valence-corrected chi connectivity index (χ0v) is 10.4. The molecule has 5 nitrogen and oxygen atoms in total. The molecule has 0 radical (unpaired) electrons. The molecule has 0 bridgehead atoms. The van der Waals surface area contributed by atoms with E-state index >= 15 is 0 Å². The molecule has 19 heavy (non-hydrogen) atoms. The molecule has 0 atom stereocenters. The standard InChI is InChI=1S/C13H12FNO4/c1-13(2)6-9(16)15(12(13)19)8-5-3-4-7(14)10(8)11(17)18/h3-5H,6H2,1-2H3,(H,17,18). The summed E-state index contributed by atoms with van der Waals surface area (Å²) in [7, 11) is 0. The molecule has 0 spiro atoms. The Labute approximate surface area is 108 Å². The van der Waals surface area contributed by atoms with Gasteiger partial charge in [0.1, 0.15) is 11.4 Å². The molecule has 1 saturated heterocycles. The molecule has 1 aliphatic heterocycles. The van der Waals surface area contributed by atoms with Crippen molar-refractivity contribution in [3.8, 4) is 0 Å². The average Bonchev–Trinajstić information content (AvgIpc) is 2.47. The minimum Gasteiger partial charge on any atom is -0.478 e. The SMILES string of the molecule is CC1(C)CC(=O)N(c2cccc(F)c2C(=O)O)C1=O. The third-order valence-corrected chi connectivity index (χ3v) is 3.07. The summed E-state index contributed by atoms with van der Waals surface area (Å²) >= 11 is 0. The second kappa shape index (κ2) is 4.15. The van der Waals surface area contributed by atoms with Gasteiger partial charge < -0.3 is 5.11 Å². The van der Waals surface area contributed by atoms with Crippen molar-refractivity contribution in [3.05, 3.63) is 29.6 Å². The van der Waals surface area contributed by atoms with Gasteiger partial charge in [-0.1, -0.05) is 19.9 Å². The van der Waals surface area contributed by atoms with Gasteiger partial charge in [0.2, 0.25) is 11.8 Å². The molecule has 2 rings (SSSR count). The number of carboxylic acid groups (broad SMARTS) is 1. The van der Waals surface area contributed by atoms with Gasteiger partial charge in [0.15, 0.2) is 0 Å². The molecule has 1 N–H and O–H groups in total. The Morgan fingerprint density at radius 1 is 1.37 bits per heavy atom. The van der Waals surface area contributed by atoms with Gasteiger partial charge in [0, 0.05) is 6.42 Å². The fourth-order valence-electron chi connectivity index (χ4n) is 2.10. The summed E-state index contributed by atoms with van der Waals surface area (Å²) in [5.41, 5.74) is -1.78. The number of amides is 2. The number of benzene rings is 1. The number of anilines is 1. The van der Waals surface area contributed by atoms with Crippen LogP contribution in [0.5, 0.6) is 0 Å². The summed E-state index contributed by atoms with van der Waals surface area (Å²) in [6, 6.07) is 3.50. The number of hydrogen-bond acceptors (Lipinski definition) is 3. The van der Waals surface area contributed by atoms with Gasteiger partial charge in [-0.25, -0.2) is 14.1 Å². The van der Waals surface area contributed by atoms with Crippen LogP contribution in [-0.4, -0.2) is 22.9 Å². The summed E-state index contributed by atoms with van der Waals surface area (Å²) in [6.45, 7) is 3.18. The van der Waals surface area contributed by atoms with Crippen molar-refractivity contribution in [2.45, 2.75) is 20.3 Å². The smallest absolute Gasteiger partial charge is 0.340 e. The highest BCUT2D eigenvalue weighted by molar-refractivity contribution is 6.24. The van der Waals surface area contributed by atoms with Crippen molar-refractivity contribution in [1.29, 1.82) is 0 Å². The van der Waals surface area contributed by atoms with Gasteiger partial charge in [0.05, 0.1) is 11.1 Å². The summed E-state index contributed by atoms with van der Waals surface area (Å²) < 4.78 is 13.6. The predicted molar refractivity (Wildman–Crippen MR) is 64.3 cm³/mol. The van der Waals surface area contributed by atoms with Gasteiger partial charge in [0.25, 0.3) is 0 Å². The number of carbonyl (C=O) groups is 3. The lowest BCUT2D eigenvalue weighted by Gasteiger charge is -2.19. The lowest BCUT2D eigenvalue weighted by atomic mass is 9.92. The molecule has 1 aliphatic rings. The first kappa shape index (κ1) is 13.2. The van der Waals surface area contributed by atoms with Crippen molar-refractivity contribution in [2.24, 2.45) is 5.41 Å². The number of hydrogen-bond donors (Lipinski definition) is 1. The average molecular weight is 265 g/mol. The summed E-state index contributed by atoms with van der Waals surface area (Å²) in [5, 5.41) is 9.02. The van der Waals surface area contributed by atoms with Crippen LogP contribution in [0.3, 0.4) is 0 Å². The highest BCUT2D eigenvalue weighted by atomic mass is 19.1. The van der Waals surface area contributed by atoms with E-state index in [0.717, 1.165) is 11.0 Å². The van der Waals surface area contributed by atoms with Crippen LogP contribution in [0.1, 0.15) is 30.6 Å². The molecule has 0 unspecified atom stereocenters. The number of nitrogens with zero attached hydrogens (tertiary/aromatic N) is 1. The molecule has 100 valence electrons. The van der Waals surface area contributed by atoms with Crippen LogP contribution in [0.25, 0.3) is 0 Å². The van der Waals surface area contributed by atoms with Crippen molar-refractivity contribution < 1.29 is 23.9 Å². The Morgan fingerprint density at radius 3 is 2.47 bits per heavy atom. The molecule has 0 saturated carbocycles. The fraction of sp³-hybridized carbons (Fsp3) is 0.308. The van der Waals surface area contributed by atoms with E-state index in [-0.39, 0.29) is 12.1 Å². The highest BCUT2D eigenvalue weighted by Crippen LogP contribution is 2.36. The van der Waals surface area contributed by atoms with Gasteiger partial charge >= 0.3 is 5.97 Å². The summed E-state index contributed by atoms with van der Waals surface area (Å²) in [6.07, 6.45) is -0.0264. The quantitative estimate of drug-likeness (QED) is 0.827. The number of carbonyl (C=O) groups excluding carboxylic acids is 2. The minimum absolute atomic E-state index is 0.0264. The molecule has 2 amide bonds. The highest BCUT2D eigenvalue weighted by Gasteiger charge is 2.46. The Bertz CT molecular complexity index is 594. The Balaban J connectivity index is 2.61. The van der Waals surface area contributed by atoms with Crippen molar-refractivity contribution >= 4 is 23.5 Å². The fourth-order valence-corrected chi connectivity index (χ4v) is 2.10. The van der Waals surface area contributed by atoms with E-state index in [1.54, 1.807) is 13.8 Å². The number of rotatable bonds is 2. The molecule has 0 aliphatic carbocycles. The lowest BCUT2D eigenvalue weighted by molar-refractivity contribution is -0.124. The summed E-state index contributed by atoms with van der Waals surface area (Å²) in [4.78, 5) is 35.8. The Hall–Kier alpha value is -2.24. The van der Waals surface area contributed by atoms with E-state index in [9.17, 15) is 18.8 Å². The minimum atomic E-state index is -1.52. The molecule has 1 heterocycles. The van der Waals surface area contributed by atoms with Crippen LogP contribution < -0.4 is 4.90 Å². The number of aromatic carboxylic acids is 1. The third kappa shape index (κ3) is 1.99. The zero-order chi connectivity index (χ0) is 14.4. The maximum Gasteiger partial charge on any atom is 0.340 e. The molecule has 1 fully saturated rings. The number of carboxylic acids is 1. The topological polar surface area (TPSA) is 74.7 Å². The van der Waals surface area contributed by atoms with E-state index in [1.807, 2.05) is 0 Å². The van der Waals surface area contributed by atoms with Crippen LogP contribution in [-0.2, 0) is 9.59 Å². The normalized spacial score (nSPS) is 17.9. The van der Waals surface area contributed by atoms with E-state index in [0.29, 0.717) is 0 Å². The monoisotopic (exact) mass is 265 g/mol. The second-order valence-electron chi connectivity index (χ2n) is 5.03. The number of imide groups is 1. The van der Waals surface area contributed by atoms with E-state index in [1.165, 1.54) is 12.1 Å². The first-order chi connectivity index (χ1) is 8.75. The molecule has 1 aromatic rings. The largest absolute Gasteiger partial charge is 0.478 e. The molecular weight excluding hydrogens is 253 g/mol. The molecular formula is C13H12FNO4. The van der Waals surface area contributed by atoms with E-state index < -0.39 is 34.6 Å². The van der Waals surface area contributed by atoms with Crippen LogP contribution in [0.15, 0.2) is 18.2 Å². The first-order valence-electron chi connectivity index (χ1n) is 5.65. The van der Waals surface area contributed by atoms with E-state index in [2.05, 4.69) is 0 Å². The molecule has 0 aromatic heterocycles. The van der Waals surface area contributed by atoms with Gasteiger partial charge in [-0.05, 0) is 12.1 Å². The lowest BCUT2D eigenvalue weighted by Crippen LogP contribution is -2.34. The predicted octanol–water partition coefficient (Wildman–Crippen LogP) is 1.81. The van der Waals surface area contributed by atoms with Crippen LogP contribution >= 0.6 is 0 Å². The van der Waals surface area contributed by atoms with E-state index in [4.69, 9.17) is 5.11 Å². The Kier molecular flexibility index (Phi) is 2.88. The molecule has 6 heteroatoms. The second-order valence-corrected chi connectivity index (χ2v) is 5.03. The first-order valence-corrected chi connectivity index (χ1v) is 5.65. The maximum absolute atomic E-state index is 13.6. The van der Waals surface area contributed by atoms with Gasteiger partial charge in [-0.3, -0.25) is 9.59 Å². The van der Waals surface area contributed by atoms with Crippen molar-refractivity contribution in [3.63, 3.8) is 0 Å².